The van der Waals surface area contributed by atoms with Crippen molar-refractivity contribution >= 4 is 0 Å². The van der Waals surface area contributed by atoms with Gasteiger partial charge in [-0.3, -0.25) is 0 Å². The maximum Gasteiger partial charge on any atom is 0.0874 e. The molecular weight excluding hydrogens is 254 g/mol. The van der Waals surface area contributed by atoms with Crippen molar-refractivity contribution in [2.45, 2.75) is 51.0 Å². The van der Waals surface area contributed by atoms with Crippen LogP contribution >= 0.6 is 0 Å². The Morgan fingerprint density at radius 3 is 2.85 bits per heavy atom. The van der Waals surface area contributed by atoms with E-state index < -0.39 is 0 Å². The quantitative estimate of drug-likeness (QED) is 0.760. The number of aryl methyl sites for hydroxylation is 1. The smallest absolute Gasteiger partial charge is 0.0874 e. The number of rotatable bonds is 7. The van der Waals surface area contributed by atoms with Crippen LogP contribution in [-0.2, 0) is 17.7 Å². The van der Waals surface area contributed by atoms with Crippen LogP contribution in [0.4, 0.5) is 0 Å². The molecule has 0 radical (unpaired) electrons. The topological polar surface area (TPSA) is 89.8 Å². The summed E-state index contributed by atoms with van der Waals surface area (Å²) < 4.78 is 7.47. The molecule has 6 heteroatoms. The standard InChI is InChI=1S/C14H23N5O/c15-7-2-1-3-9-19-14(12-5-10-20-11-6-12)13(4-8-16)17-18-19/h12H,1-6,8-11,16H2. The highest BCUT2D eigenvalue weighted by molar-refractivity contribution is 5.17. The Morgan fingerprint density at radius 1 is 1.35 bits per heavy atom. The number of hydrogen-bond acceptors (Lipinski definition) is 5. The Bertz CT molecular complexity index is 445. The zero-order valence-corrected chi connectivity index (χ0v) is 11.9. The predicted molar refractivity (Wildman–Crippen MR) is 75.0 cm³/mol. The summed E-state index contributed by atoms with van der Waals surface area (Å²) >= 11 is 0. The van der Waals surface area contributed by atoms with E-state index in [2.05, 4.69) is 16.4 Å². The van der Waals surface area contributed by atoms with Crippen LogP contribution in [0.15, 0.2) is 0 Å². The molecule has 1 saturated heterocycles. The molecule has 110 valence electrons. The molecule has 1 aliphatic rings. The molecule has 0 aliphatic carbocycles. The maximum absolute atomic E-state index is 8.58. The first kappa shape index (κ1) is 14.9. The fourth-order valence-corrected chi connectivity index (χ4v) is 2.72. The number of hydrogen-bond donors (Lipinski definition) is 1. The molecule has 2 N–H and O–H groups in total. The third kappa shape index (κ3) is 3.78. The number of nitriles is 1. The van der Waals surface area contributed by atoms with E-state index >= 15 is 0 Å². The van der Waals surface area contributed by atoms with E-state index in [1.165, 1.54) is 5.69 Å². The van der Waals surface area contributed by atoms with Crippen LogP contribution in [0.1, 0.15) is 49.4 Å². The normalized spacial score (nSPS) is 16.2. The monoisotopic (exact) mass is 277 g/mol. The summed E-state index contributed by atoms with van der Waals surface area (Å²) in [5.74, 6) is 0.483. The average molecular weight is 277 g/mol. The Balaban J connectivity index is 2.07. The van der Waals surface area contributed by atoms with Gasteiger partial charge in [-0.05, 0) is 32.2 Å². The molecule has 1 aliphatic heterocycles. The second kappa shape index (κ2) is 7.98. The van der Waals surface area contributed by atoms with Crippen molar-refractivity contribution in [2.24, 2.45) is 5.73 Å². The van der Waals surface area contributed by atoms with Crippen LogP contribution in [0.5, 0.6) is 0 Å². The van der Waals surface area contributed by atoms with Gasteiger partial charge < -0.3 is 10.5 Å². The van der Waals surface area contributed by atoms with Gasteiger partial charge in [0.15, 0.2) is 0 Å². The largest absolute Gasteiger partial charge is 0.381 e. The highest BCUT2D eigenvalue weighted by Crippen LogP contribution is 2.29. The van der Waals surface area contributed by atoms with Crippen molar-refractivity contribution in [1.82, 2.24) is 15.0 Å². The third-order valence-electron chi connectivity index (χ3n) is 3.74. The molecule has 20 heavy (non-hydrogen) atoms. The molecule has 2 rings (SSSR count). The maximum atomic E-state index is 8.58. The zero-order valence-electron chi connectivity index (χ0n) is 11.9. The van der Waals surface area contributed by atoms with E-state index in [1.54, 1.807) is 0 Å². The van der Waals surface area contributed by atoms with Gasteiger partial charge in [-0.25, -0.2) is 4.68 Å². The third-order valence-corrected chi connectivity index (χ3v) is 3.74. The second-order valence-electron chi connectivity index (χ2n) is 5.19. The molecule has 0 saturated carbocycles. The Morgan fingerprint density at radius 2 is 2.15 bits per heavy atom. The van der Waals surface area contributed by atoms with E-state index in [9.17, 15) is 0 Å². The number of nitrogens with two attached hydrogens (primary N) is 1. The number of unbranched alkanes of at least 4 members (excludes halogenated alkanes) is 2. The minimum atomic E-state index is 0.483. The highest BCUT2D eigenvalue weighted by Gasteiger charge is 2.24. The average Bonchev–Trinajstić information content (AvgIpc) is 2.88. The van der Waals surface area contributed by atoms with E-state index in [0.717, 1.165) is 57.6 Å². The fourth-order valence-electron chi connectivity index (χ4n) is 2.72. The van der Waals surface area contributed by atoms with Crippen LogP contribution in [0.2, 0.25) is 0 Å². The zero-order chi connectivity index (χ0) is 14.2. The van der Waals surface area contributed by atoms with Crippen molar-refractivity contribution in [3.05, 3.63) is 11.4 Å². The Kier molecular flexibility index (Phi) is 5.96. The molecule has 0 amide bonds. The SMILES string of the molecule is N#CCCCCn1nnc(CCN)c1C1CCOCC1. The molecule has 0 unspecified atom stereocenters. The van der Waals surface area contributed by atoms with Crippen LogP contribution in [0.25, 0.3) is 0 Å². The van der Waals surface area contributed by atoms with Gasteiger partial charge >= 0.3 is 0 Å². The molecule has 1 fully saturated rings. The summed E-state index contributed by atoms with van der Waals surface area (Å²) in [5.41, 5.74) is 7.96. The van der Waals surface area contributed by atoms with Gasteiger partial charge in [-0.15, -0.1) is 5.10 Å². The molecule has 2 heterocycles. The number of aromatic nitrogens is 3. The summed E-state index contributed by atoms with van der Waals surface area (Å²) in [6, 6.07) is 2.18. The van der Waals surface area contributed by atoms with Crippen molar-refractivity contribution in [3.8, 4) is 6.07 Å². The van der Waals surface area contributed by atoms with E-state index in [0.29, 0.717) is 18.9 Å². The first-order chi connectivity index (χ1) is 9.86. The van der Waals surface area contributed by atoms with Gasteiger partial charge in [-0.2, -0.15) is 5.26 Å². The summed E-state index contributed by atoms with van der Waals surface area (Å²) in [4.78, 5) is 0. The van der Waals surface area contributed by atoms with Gasteiger partial charge in [0.05, 0.1) is 17.5 Å². The first-order valence-corrected chi connectivity index (χ1v) is 7.43. The molecule has 1 aromatic heterocycles. The van der Waals surface area contributed by atoms with E-state index in [1.807, 2.05) is 4.68 Å². The summed E-state index contributed by atoms with van der Waals surface area (Å²) in [7, 11) is 0. The summed E-state index contributed by atoms with van der Waals surface area (Å²) in [5, 5.41) is 17.2. The summed E-state index contributed by atoms with van der Waals surface area (Å²) in [6.45, 7) is 3.06. The minimum Gasteiger partial charge on any atom is -0.381 e. The number of ether oxygens (including phenoxy) is 1. The van der Waals surface area contributed by atoms with E-state index in [-0.39, 0.29) is 0 Å². The molecule has 0 spiro atoms. The molecule has 1 aromatic rings. The van der Waals surface area contributed by atoms with Gasteiger partial charge in [0.25, 0.3) is 0 Å². The molecule has 0 atom stereocenters. The fraction of sp³-hybridized carbons (Fsp3) is 0.786. The van der Waals surface area contributed by atoms with E-state index in [4.69, 9.17) is 15.7 Å². The minimum absolute atomic E-state index is 0.483. The second-order valence-corrected chi connectivity index (χ2v) is 5.19. The Hall–Kier alpha value is -1.45. The van der Waals surface area contributed by atoms with Gasteiger partial charge in [0.2, 0.25) is 0 Å². The molecule has 0 aromatic carbocycles. The van der Waals surface area contributed by atoms with Crippen molar-refractivity contribution in [2.75, 3.05) is 19.8 Å². The first-order valence-electron chi connectivity index (χ1n) is 7.43. The van der Waals surface area contributed by atoms with Gasteiger partial charge in [-0.1, -0.05) is 5.21 Å². The lowest BCUT2D eigenvalue weighted by molar-refractivity contribution is 0.0832. The molecular formula is C14H23N5O. The van der Waals surface area contributed by atoms with Crippen LogP contribution in [-0.4, -0.2) is 34.8 Å². The lowest BCUT2D eigenvalue weighted by Crippen LogP contribution is -2.20. The van der Waals surface area contributed by atoms with Crippen molar-refractivity contribution in [1.29, 1.82) is 5.26 Å². The lowest BCUT2D eigenvalue weighted by Gasteiger charge is -2.23. The van der Waals surface area contributed by atoms with Crippen LogP contribution in [0.3, 0.4) is 0 Å². The van der Waals surface area contributed by atoms with Crippen molar-refractivity contribution in [3.63, 3.8) is 0 Å². The van der Waals surface area contributed by atoms with Gasteiger partial charge in [0.1, 0.15) is 0 Å². The summed E-state index contributed by atoms with van der Waals surface area (Å²) in [6.07, 6.45) is 5.33. The van der Waals surface area contributed by atoms with Crippen LogP contribution in [0, 0.1) is 11.3 Å². The number of nitrogens with zero attached hydrogens (tertiary/aromatic N) is 4. The lowest BCUT2D eigenvalue weighted by atomic mass is 9.94. The van der Waals surface area contributed by atoms with Crippen LogP contribution < -0.4 is 5.73 Å². The van der Waals surface area contributed by atoms with Gasteiger partial charge in [0, 0.05) is 38.5 Å². The molecule has 0 bridgehead atoms. The Labute approximate surface area is 119 Å². The van der Waals surface area contributed by atoms with Crippen molar-refractivity contribution < 1.29 is 4.74 Å². The molecule has 6 nitrogen and oxygen atoms in total. The highest BCUT2D eigenvalue weighted by atomic mass is 16.5. The predicted octanol–water partition coefficient (Wildman–Crippen LogP) is 1.37.